The highest BCUT2D eigenvalue weighted by atomic mass is 35.5. The number of fused-ring (bicyclic) bond motifs is 1. The summed E-state index contributed by atoms with van der Waals surface area (Å²) in [7, 11) is 1.51. The van der Waals surface area contributed by atoms with Crippen molar-refractivity contribution >= 4 is 29.3 Å². The number of carbonyl (C=O) groups excluding carboxylic acids is 3. The topological polar surface area (TPSA) is 87.7 Å². The Morgan fingerprint density at radius 2 is 1.68 bits per heavy atom. The molecule has 3 aromatic rings. The smallest absolute Gasteiger partial charge is 0.255 e. The lowest BCUT2D eigenvalue weighted by molar-refractivity contribution is -0.135. The Kier molecular flexibility index (Phi) is 8.64. The molecule has 5 rings (SSSR count). The average molecular weight is 574 g/mol. The van der Waals surface area contributed by atoms with Crippen molar-refractivity contribution in [2.45, 2.75) is 50.0 Å². The third-order valence-electron chi connectivity index (χ3n) is 8.44. The summed E-state index contributed by atoms with van der Waals surface area (Å²) in [5.41, 5.74) is 2.36. The third-order valence-corrected chi connectivity index (χ3v) is 8.68. The second kappa shape index (κ2) is 12.4. The van der Waals surface area contributed by atoms with Crippen molar-refractivity contribution < 1.29 is 19.1 Å². The summed E-state index contributed by atoms with van der Waals surface area (Å²) < 4.78 is 5.33. The van der Waals surface area contributed by atoms with Crippen LogP contribution in [0.5, 0.6) is 5.75 Å². The van der Waals surface area contributed by atoms with Gasteiger partial charge in [0.05, 0.1) is 24.0 Å². The van der Waals surface area contributed by atoms with Crippen LogP contribution in [0, 0.1) is 0 Å². The van der Waals surface area contributed by atoms with E-state index in [-0.39, 0.29) is 29.7 Å². The molecule has 0 bridgehead atoms. The summed E-state index contributed by atoms with van der Waals surface area (Å²) >= 11 is 6.04. The van der Waals surface area contributed by atoms with Crippen LogP contribution in [0.25, 0.3) is 0 Å². The molecule has 41 heavy (non-hydrogen) atoms. The minimum absolute atomic E-state index is 0.0292. The van der Waals surface area contributed by atoms with E-state index in [0.29, 0.717) is 61.7 Å². The molecule has 7 nitrogen and oxygen atoms in total. The molecule has 1 aliphatic carbocycles. The van der Waals surface area contributed by atoms with Gasteiger partial charge in [0.25, 0.3) is 5.91 Å². The molecule has 1 unspecified atom stereocenters. The van der Waals surface area contributed by atoms with E-state index in [9.17, 15) is 14.4 Å². The van der Waals surface area contributed by atoms with Crippen molar-refractivity contribution in [1.29, 1.82) is 0 Å². The number of nitrogens with one attached hydrogen (secondary N) is 2. The summed E-state index contributed by atoms with van der Waals surface area (Å²) in [6.07, 6.45) is 2.45. The Morgan fingerprint density at radius 1 is 0.976 bits per heavy atom. The summed E-state index contributed by atoms with van der Waals surface area (Å²) in [4.78, 5) is 42.5. The number of halogens is 1. The van der Waals surface area contributed by atoms with Crippen LogP contribution in [-0.4, -0.2) is 55.4 Å². The van der Waals surface area contributed by atoms with Crippen LogP contribution >= 0.6 is 11.6 Å². The number of hydrogen-bond acceptors (Lipinski definition) is 4. The van der Waals surface area contributed by atoms with E-state index in [4.69, 9.17) is 16.3 Å². The highest BCUT2D eigenvalue weighted by molar-refractivity contribution is 6.30. The van der Waals surface area contributed by atoms with Gasteiger partial charge in [-0.2, -0.15) is 0 Å². The van der Waals surface area contributed by atoms with Crippen LogP contribution in [-0.2, 0) is 15.0 Å². The summed E-state index contributed by atoms with van der Waals surface area (Å²) in [5.74, 6) is -0.0515. The predicted octanol–water partition coefficient (Wildman–Crippen LogP) is 5.07. The van der Waals surface area contributed by atoms with Gasteiger partial charge in [-0.1, -0.05) is 66.2 Å². The first-order valence-corrected chi connectivity index (χ1v) is 14.6. The van der Waals surface area contributed by atoms with Gasteiger partial charge in [0, 0.05) is 30.7 Å². The van der Waals surface area contributed by atoms with E-state index in [1.807, 2.05) is 66.4 Å². The van der Waals surface area contributed by atoms with Gasteiger partial charge in [0.2, 0.25) is 11.8 Å². The van der Waals surface area contributed by atoms with Crippen molar-refractivity contribution in [3.05, 3.63) is 100 Å². The number of methoxy groups -OCH3 is 1. The molecule has 1 heterocycles. The zero-order chi connectivity index (χ0) is 29.0. The lowest BCUT2D eigenvalue weighted by Gasteiger charge is -2.42. The van der Waals surface area contributed by atoms with Gasteiger partial charge in [-0.3, -0.25) is 14.4 Å². The molecule has 3 amide bonds. The van der Waals surface area contributed by atoms with Gasteiger partial charge in [0.15, 0.2) is 0 Å². The van der Waals surface area contributed by atoms with Crippen LogP contribution in [0.15, 0.2) is 72.8 Å². The van der Waals surface area contributed by atoms with Crippen molar-refractivity contribution in [2.75, 3.05) is 26.7 Å². The van der Waals surface area contributed by atoms with E-state index in [1.165, 1.54) is 7.11 Å². The van der Waals surface area contributed by atoms with E-state index in [0.717, 1.165) is 16.7 Å². The number of piperidine rings is 1. The molecule has 214 valence electrons. The molecule has 0 radical (unpaired) electrons. The van der Waals surface area contributed by atoms with Crippen molar-refractivity contribution in [3.63, 3.8) is 0 Å². The second-order valence-corrected chi connectivity index (χ2v) is 11.2. The standard InChI is InChI=1S/C33H36ClN3O4/c1-3-35-32(40)33(22-9-5-4-6-10-22)18-15-26(25-11-7-8-12-28(25)33)31(39)37-19-16-24(17-20-37)36-30(38)27-14-13-23(34)21-29(27)41-2/h4-14,21,24,26H,3,15-20H2,1-2H3,(H,35,40)(H,36,38)/t26-,33?/m1/s1. The number of carbonyl (C=O) groups is 3. The number of nitrogens with zero attached hydrogens (tertiary/aromatic N) is 1. The predicted molar refractivity (Wildman–Crippen MR) is 159 cm³/mol. The highest BCUT2D eigenvalue weighted by Crippen LogP contribution is 2.48. The Hall–Kier alpha value is -3.84. The summed E-state index contributed by atoms with van der Waals surface area (Å²) in [6.45, 7) is 3.57. The molecule has 2 N–H and O–H groups in total. The highest BCUT2D eigenvalue weighted by Gasteiger charge is 2.48. The number of benzene rings is 3. The lowest BCUT2D eigenvalue weighted by atomic mass is 9.62. The first kappa shape index (κ1) is 28.7. The molecule has 3 aromatic carbocycles. The van der Waals surface area contributed by atoms with Crippen LogP contribution in [0.3, 0.4) is 0 Å². The van der Waals surface area contributed by atoms with E-state index in [1.54, 1.807) is 18.2 Å². The number of rotatable bonds is 7. The number of hydrogen-bond donors (Lipinski definition) is 2. The number of ether oxygens (including phenoxy) is 1. The zero-order valence-corrected chi connectivity index (χ0v) is 24.2. The van der Waals surface area contributed by atoms with Gasteiger partial charge in [0.1, 0.15) is 5.75 Å². The van der Waals surface area contributed by atoms with Crippen LogP contribution in [0.1, 0.15) is 65.6 Å². The van der Waals surface area contributed by atoms with Crippen LogP contribution in [0.2, 0.25) is 5.02 Å². The molecule has 1 aliphatic heterocycles. The fraction of sp³-hybridized carbons (Fsp3) is 0.364. The first-order valence-electron chi connectivity index (χ1n) is 14.3. The van der Waals surface area contributed by atoms with Gasteiger partial charge in [-0.15, -0.1) is 0 Å². The SMILES string of the molecule is CCNC(=O)C1(c2ccccc2)CC[C@@H](C(=O)N2CCC(NC(=O)c3ccc(Cl)cc3OC)CC2)c2ccccc21. The Balaban J connectivity index is 1.32. The number of likely N-dealkylation sites (tertiary alicyclic amines) is 1. The van der Waals surface area contributed by atoms with E-state index >= 15 is 0 Å². The molecule has 8 heteroatoms. The largest absolute Gasteiger partial charge is 0.496 e. The minimum Gasteiger partial charge on any atom is -0.496 e. The normalized spacial score (nSPS) is 20.6. The van der Waals surface area contributed by atoms with Gasteiger partial charge >= 0.3 is 0 Å². The van der Waals surface area contributed by atoms with E-state index < -0.39 is 5.41 Å². The maximum Gasteiger partial charge on any atom is 0.255 e. The van der Waals surface area contributed by atoms with Crippen LogP contribution < -0.4 is 15.4 Å². The summed E-state index contributed by atoms with van der Waals surface area (Å²) in [6, 6.07) is 22.7. The zero-order valence-electron chi connectivity index (χ0n) is 23.5. The minimum atomic E-state index is -0.843. The number of amides is 3. The van der Waals surface area contributed by atoms with E-state index in [2.05, 4.69) is 10.6 Å². The molecule has 1 fully saturated rings. The van der Waals surface area contributed by atoms with Gasteiger partial charge < -0.3 is 20.3 Å². The van der Waals surface area contributed by atoms with Crippen molar-refractivity contribution in [1.82, 2.24) is 15.5 Å². The summed E-state index contributed by atoms with van der Waals surface area (Å²) in [5, 5.41) is 6.66. The number of likely N-dealkylation sites (N-methyl/N-ethyl adjacent to an activating group) is 1. The van der Waals surface area contributed by atoms with Gasteiger partial charge in [-0.25, -0.2) is 0 Å². The molecule has 0 saturated carbocycles. The Bertz CT molecular complexity index is 1420. The van der Waals surface area contributed by atoms with Crippen molar-refractivity contribution in [3.8, 4) is 5.75 Å². The fourth-order valence-electron chi connectivity index (χ4n) is 6.38. The lowest BCUT2D eigenvalue weighted by Crippen LogP contribution is -2.51. The molecule has 0 aromatic heterocycles. The molecule has 0 spiro atoms. The molecular formula is C33H36ClN3O4. The fourth-order valence-corrected chi connectivity index (χ4v) is 6.54. The maximum absolute atomic E-state index is 13.9. The quantitative estimate of drug-likeness (QED) is 0.413. The molecule has 1 saturated heterocycles. The molecule has 2 atom stereocenters. The maximum atomic E-state index is 13.9. The average Bonchev–Trinajstić information content (AvgIpc) is 3.01. The van der Waals surface area contributed by atoms with Gasteiger partial charge in [-0.05, 0) is 67.5 Å². The third kappa shape index (κ3) is 5.55. The van der Waals surface area contributed by atoms with Crippen molar-refractivity contribution in [2.24, 2.45) is 0 Å². The molecule has 2 aliphatic rings. The second-order valence-electron chi connectivity index (χ2n) is 10.7. The first-order chi connectivity index (χ1) is 19.9. The van der Waals surface area contributed by atoms with Crippen LogP contribution in [0.4, 0.5) is 0 Å². The molecular weight excluding hydrogens is 538 g/mol. The Morgan fingerprint density at radius 3 is 2.39 bits per heavy atom. The monoisotopic (exact) mass is 573 g/mol. The Labute approximate surface area is 246 Å².